The summed E-state index contributed by atoms with van der Waals surface area (Å²) in [6.07, 6.45) is 0.435. The van der Waals surface area contributed by atoms with E-state index in [0.717, 1.165) is 17.7 Å². The number of halogens is 3. The van der Waals surface area contributed by atoms with E-state index in [0.29, 0.717) is 25.1 Å². The molecule has 0 spiro atoms. The number of nitrogens with one attached hydrogen (secondary N) is 1. The summed E-state index contributed by atoms with van der Waals surface area (Å²) >= 11 is 0. The summed E-state index contributed by atoms with van der Waals surface area (Å²) in [5.41, 5.74) is 0.784. The van der Waals surface area contributed by atoms with Crippen LogP contribution in [-0.2, 0) is 21.5 Å². The Morgan fingerprint density at radius 2 is 1.90 bits per heavy atom. The summed E-state index contributed by atoms with van der Waals surface area (Å²) in [4.78, 5) is 26.7. The van der Waals surface area contributed by atoms with Crippen LogP contribution < -0.4 is 5.32 Å². The number of piperidine rings is 1. The summed E-state index contributed by atoms with van der Waals surface area (Å²) in [6, 6.07) is 12.5. The van der Waals surface area contributed by atoms with E-state index < -0.39 is 23.1 Å². The molecule has 154 valence electrons. The molecule has 1 heterocycles. The second kappa shape index (κ2) is 8.20. The molecule has 1 aliphatic heterocycles. The van der Waals surface area contributed by atoms with E-state index in [1.54, 1.807) is 7.05 Å². The number of fused-ring (bicyclic) bond motifs is 1. The lowest BCUT2D eigenvalue weighted by molar-refractivity contribution is -0.135. The van der Waals surface area contributed by atoms with E-state index >= 15 is 0 Å². The molecule has 1 saturated carbocycles. The average Bonchev–Trinajstić information content (AvgIpc) is 3.29. The first kappa shape index (κ1) is 21.4. The lowest BCUT2D eigenvalue weighted by atomic mass is 9.92. The molecule has 7 heteroatoms. The number of carbonyl (C=O) groups is 2. The largest absolute Gasteiger partial charge is 0.341 e. The van der Waals surface area contributed by atoms with Gasteiger partial charge in [-0.25, -0.2) is 8.78 Å². The summed E-state index contributed by atoms with van der Waals surface area (Å²) in [5.74, 6) is -1.46. The first-order valence-corrected chi connectivity index (χ1v) is 9.40. The van der Waals surface area contributed by atoms with Gasteiger partial charge < -0.3 is 10.2 Å². The Kier molecular flexibility index (Phi) is 6.05. The van der Waals surface area contributed by atoms with Gasteiger partial charge in [-0.05, 0) is 41.7 Å². The second-order valence-electron chi connectivity index (χ2n) is 7.83. The van der Waals surface area contributed by atoms with Crippen LogP contribution in [0.15, 0.2) is 48.5 Å². The Labute approximate surface area is 174 Å². The molecule has 0 bridgehead atoms. The number of hydrogen-bond acceptors (Lipinski definition) is 3. The standard InChI is InChI=1S/C22H22F2N2O2.ClH/c1-26(12-14-5-3-2-4-6-14)20(28)10-19(27)21-17-11-22(17,13-25-21)16-9-15(23)7-8-18(16)24;/h2-9,17,21,25H,10-13H2,1H3;1H/t17?,21?,22-;/m1./s1. The third-order valence-electron chi connectivity index (χ3n) is 6.00. The Hall–Kier alpha value is -2.31. The minimum Gasteiger partial charge on any atom is -0.341 e. The van der Waals surface area contributed by atoms with Gasteiger partial charge >= 0.3 is 0 Å². The number of rotatable bonds is 6. The molecule has 1 aliphatic carbocycles. The summed E-state index contributed by atoms with van der Waals surface area (Å²) < 4.78 is 27.8. The van der Waals surface area contributed by atoms with Crippen LogP contribution in [0.4, 0.5) is 8.78 Å². The number of hydrogen-bond donors (Lipinski definition) is 1. The average molecular weight is 421 g/mol. The molecule has 2 aliphatic rings. The Morgan fingerprint density at radius 3 is 2.59 bits per heavy atom. The normalized spacial score (nSPS) is 24.4. The van der Waals surface area contributed by atoms with Crippen molar-refractivity contribution in [2.24, 2.45) is 5.92 Å². The zero-order valence-corrected chi connectivity index (χ0v) is 16.8. The van der Waals surface area contributed by atoms with E-state index in [1.165, 1.54) is 11.0 Å². The fourth-order valence-electron chi connectivity index (χ4n) is 4.37. The SMILES string of the molecule is CN(Cc1ccccc1)C(=O)CC(=O)C1NC[C@@]2(c3cc(F)ccc3F)CC12.Cl. The number of carbonyl (C=O) groups excluding carboxylic acids is 2. The predicted octanol–water partition coefficient (Wildman–Crippen LogP) is 3.23. The van der Waals surface area contributed by atoms with E-state index in [1.807, 2.05) is 30.3 Å². The molecule has 2 unspecified atom stereocenters. The lowest BCUT2D eigenvalue weighted by Crippen LogP contribution is -2.38. The van der Waals surface area contributed by atoms with E-state index in [2.05, 4.69) is 5.32 Å². The lowest BCUT2D eigenvalue weighted by Gasteiger charge is -2.18. The summed E-state index contributed by atoms with van der Waals surface area (Å²) in [7, 11) is 1.67. The number of ketones is 1. The van der Waals surface area contributed by atoms with Crippen LogP contribution in [0.25, 0.3) is 0 Å². The van der Waals surface area contributed by atoms with Crippen molar-refractivity contribution in [2.75, 3.05) is 13.6 Å². The maximum absolute atomic E-state index is 14.2. The first-order chi connectivity index (χ1) is 13.4. The van der Waals surface area contributed by atoms with Crippen LogP contribution in [0.3, 0.4) is 0 Å². The summed E-state index contributed by atoms with van der Waals surface area (Å²) in [5, 5.41) is 3.13. The Morgan fingerprint density at radius 1 is 1.17 bits per heavy atom. The maximum Gasteiger partial charge on any atom is 0.230 e. The zero-order valence-electron chi connectivity index (χ0n) is 16.0. The maximum atomic E-state index is 14.2. The molecule has 2 aromatic rings. The van der Waals surface area contributed by atoms with Crippen LogP contribution in [0, 0.1) is 17.6 Å². The van der Waals surface area contributed by atoms with Gasteiger partial charge in [-0.3, -0.25) is 9.59 Å². The van der Waals surface area contributed by atoms with Gasteiger partial charge in [0.2, 0.25) is 5.91 Å². The molecular formula is C22H23ClF2N2O2. The Bertz CT molecular complexity index is 924. The molecule has 4 rings (SSSR count). The van der Waals surface area contributed by atoms with Gasteiger partial charge in [-0.2, -0.15) is 0 Å². The number of amides is 1. The monoisotopic (exact) mass is 420 g/mol. The van der Waals surface area contributed by atoms with Gasteiger partial charge in [0.15, 0.2) is 5.78 Å². The topological polar surface area (TPSA) is 49.4 Å². The van der Waals surface area contributed by atoms with Crippen molar-refractivity contribution in [3.05, 3.63) is 71.3 Å². The highest BCUT2D eigenvalue weighted by atomic mass is 35.5. The van der Waals surface area contributed by atoms with Gasteiger partial charge in [0.25, 0.3) is 0 Å². The molecular weight excluding hydrogens is 398 g/mol. The van der Waals surface area contributed by atoms with Crippen molar-refractivity contribution in [1.29, 1.82) is 0 Å². The fraction of sp³-hybridized carbons (Fsp3) is 0.364. The van der Waals surface area contributed by atoms with Gasteiger partial charge in [0.1, 0.15) is 11.6 Å². The molecule has 1 amide bonds. The van der Waals surface area contributed by atoms with E-state index in [9.17, 15) is 18.4 Å². The molecule has 1 N–H and O–H groups in total. The quantitative estimate of drug-likeness (QED) is 0.730. The summed E-state index contributed by atoms with van der Waals surface area (Å²) in [6.45, 7) is 0.857. The highest BCUT2D eigenvalue weighted by molar-refractivity contribution is 6.01. The fourth-order valence-corrected chi connectivity index (χ4v) is 4.37. The van der Waals surface area contributed by atoms with Crippen molar-refractivity contribution < 1.29 is 18.4 Å². The van der Waals surface area contributed by atoms with E-state index in [4.69, 9.17) is 0 Å². The van der Waals surface area contributed by atoms with Gasteiger partial charge in [-0.15, -0.1) is 12.4 Å². The van der Waals surface area contributed by atoms with Crippen LogP contribution in [-0.4, -0.2) is 36.2 Å². The Balaban J connectivity index is 0.00000240. The molecule has 1 saturated heterocycles. The van der Waals surface area contributed by atoms with Crippen molar-refractivity contribution in [2.45, 2.75) is 30.8 Å². The molecule has 4 nitrogen and oxygen atoms in total. The predicted molar refractivity (Wildman–Crippen MR) is 108 cm³/mol. The highest BCUT2D eigenvalue weighted by Crippen LogP contribution is 2.59. The smallest absolute Gasteiger partial charge is 0.230 e. The van der Waals surface area contributed by atoms with Gasteiger partial charge in [-0.1, -0.05) is 30.3 Å². The third-order valence-corrected chi connectivity index (χ3v) is 6.00. The molecule has 0 aromatic heterocycles. The van der Waals surface area contributed by atoms with Gasteiger partial charge in [0, 0.05) is 25.6 Å². The van der Waals surface area contributed by atoms with Crippen molar-refractivity contribution in [3.63, 3.8) is 0 Å². The zero-order chi connectivity index (χ0) is 19.9. The highest BCUT2D eigenvalue weighted by Gasteiger charge is 2.65. The van der Waals surface area contributed by atoms with Crippen LogP contribution in [0.1, 0.15) is 24.0 Å². The molecule has 2 fully saturated rings. The molecule has 0 radical (unpaired) electrons. The van der Waals surface area contributed by atoms with Crippen molar-refractivity contribution in [3.8, 4) is 0 Å². The molecule has 3 atom stereocenters. The number of benzene rings is 2. The van der Waals surface area contributed by atoms with Crippen LogP contribution >= 0.6 is 12.4 Å². The second-order valence-corrected chi connectivity index (χ2v) is 7.83. The third kappa shape index (κ3) is 4.05. The minimum atomic E-state index is -0.536. The number of Topliss-reactive ketones (excluding diaryl/α,β-unsaturated/α-hetero) is 1. The molecule has 29 heavy (non-hydrogen) atoms. The molecule has 2 aromatic carbocycles. The van der Waals surface area contributed by atoms with Crippen LogP contribution in [0.2, 0.25) is 0 Å². The number of nitrogens with zero attached hydrogens (tertiary/aromatic N) is 1. The van der Waals surface area contributed by atoms with Gasteiger partial charge in [0.05, 0.1) is 12.5 Å². The minimum absolute atomic E-state index is 0. The van der Waals surface area contributed by atoms with Crippen molar-refractivity contribution >= 4 is 24.1 Å². The van der Waals surface area contributed by atoms with Crippen molar-refractivity contribution in [1.82, 2.24) is 10.2 Å². The first-order valence-electron chi connectivity index (χ1n) is 9.40. The van der Waals surface area contributed by atoms with E-state index in [-0.39, 0.29) is 36.4 Å². The van der Waals surface area contributed by atoms with Crippen LogP contribution in [0.5, 0.6) is 0 Å².